The molecule has 0 bridgehead atoms. The molecule has 0 saturated carbocycles. The molecule has 1 unspecified atom stereocenters. The molecule has 0 aromatic heterocycles. The lowest BCUT2D eigenvalue weighted by molar-refractivity contribution is 0.491. The third-order valence-electron chi connectivity index (χ3n) is 3.36. The van der Waals surface area contributed by atoms with Gasteiger partial charge in [-0.05, 0) is 30.0 Å². The van der Waals surface area contributed by atoms with Crippen LogP contribution in [-0.2, 0) is 5.75 Å². The number of thioether (sulfide) groups is 1. The molecule has 4 heteroatoms. The topological polar surface area (TPSA) is 24.1 Å². The summed E-state index contributed by atoms with van der Waals surface area (Å²) < 4.78 is 0. The van der Waals surface area contributed by atoms with Gasteiger partial charge >= 0.3 is 0 Å². The van der Waals surface area contributed by atoms with E-state index < -0.39 is 0 Å². The van der Waals surface area contributed by atoms with Gasteiger partial charge in [0.2, 0.25) is 0 Å². The maximum absolute atomic E-state index is 5.93. The Hall–Kier alpha value is -1.42. The first kappa shape index (κ1) is 14.5. The van der Waals surface area contributed by atoms with Crippen molar-refractivity contribution in [3.8, 4) is 0 Å². The highest BCUT2D eigenvalue weighted by Crippen LogP contribution is 2.30. The second-order valence-corrected chi connectivity index (χ2v) is 6.32. The quantitative estimate of drug-likeness (QED) is 0.821. The van der Waals surface area contributed by atoms with Gasteiger partial charge in [-0.1, -0.05) is 48.0 Å². The number of halogens is 1. The van der Waals surface area contributed by atoms with E-state index in [2.05, 4.69) is 53.1 Å². The molecule has 1 aliphatic rings. The molecular formula is C17H17ClN2S. The van der Waals surface area contributed by atoms with Crippen LogP contribution in [0.4, 0.5) is 0 Å². The van der Waals surface area contributed by atoms with Crippen molar-refractivity contribution in [2.24, 2.45) is 0 Å². The lowest BCUT2D eigenvalue weighted by atomic mass is 10.1. The number of rotatable bonds is 4. The normalized spacial score (nSPS) is 17.5. The number of nitrogens with one attached hydrogen (secondary N) is 2. The third-order valence-corrected chi connectivity index (χ3v) is 4.77. The van der Waals surface area contributed by atoms with Crippen LogP contribution in [0.1, 0.15) is 17.3 Å². The molecule has 0 saturated heterocycles. The summed E-state index contributed by atoms with van der Waals surface area (Å²) in [5.41, 5.74) is 2.57. The Balaban J connectivity index is 1.73. The zero-order chi connectivity index (χ0) is 14.5. The predicted octanol–water partition coefficient (Wildman–Crippen LogP) is 4.34. The SMILES string of the molecule is Clc1ccc(CSc2ccccc2C2NC=CCN2)cc1. The fraction of sp³-hybridized carbons (Fsp3) is 0.176. The average Bonchev–Trinajstić information content (AvgIpc) is 2.55. The zero-order valence-corrected chi connectivity index (χ0v) is 13.1. The second kappa shape index (κ2) is 7.03. The van der Waals surface area contributed by atoms with E-state index in [9.17, 15) is 0 Å². The first-order chi connectivity index (χ1) is 10.3. The Morgan fingerprint density at radius 1 is 1.10 bits per heavy atom. The highest BCUT2D eigenvalue weighted by Gasteiger charge is 2.14. The van der Waals surface area contributed by atoms with Crippen molar-refractivity contribution in [1.82, 2.24) is 10.6 Å². The van der Waals surface area contributed by atoms with Crippen molar-refractivity contribution in [1.29, 1.82) is 0 Å². The van der Waals surface area contributed by atoms with Crippen LogP contribution >= 0.6 is 23.4 Å². The van der Waals surface area contributed by atoms with Gasteiger partial charge in [0.15, 0.2) is 0 Å². The van der Waals surface area contributed by atoms with Gasteiger partial charge < -0.3 is 5.32 Å². The van der Waals surface area contributed by atoms with E-state index in [1.54, 1.807) is 0 Å². The van der Waals surface area contributed by atoms with E-state index in [4.69, 9.17) is 11.6 Å². The van der Waals surface area contributed by atoms with Crippen LogP contribution in [0.5, 0.6) is 0 Å². The number of hydrogen-bond acceptors (Lipinski definition) is 3. The molecule has 0 spiro atoms. The van der Waals surface area contributed by atoms with E-state index in [-0.39, 0.29) is 6.17 Å². The highest BCUT2D eigenvalue weighted by molar-refractivity contribution is 7.98. The molecule has 3 rings (SSSR count). The van der Waals surface area contributed by atoms with Gasteiger partial charge in [0, 0.05) is 27.8 Å². The monoisotopic (exact) mass is 316 g/mol. The lowest BCUT2D eigenvalue weighted by Crippen LogP contribution is -2.35. The van der Waals surface area contributed by atoms with Gasteiger partial charge in [0.1, 0.15) is 6.17 Å². The molecule has 0 amide bonds. The van der Waals surface area contributed by atoms with E-state index in [1.165, 1.54) is 16.0 Å². The smallest absolute Gasteiger partial charge is 0.104 e. The average molecular weight is 317 g/mol. The maximum atomic E-state index is 5.93. The molecule has 2 nitrogen and oxygen atoms in total. The molecule has 2 aromatic carbocycles. The predicted molar refractivity (Wildman–Crippen MR) is 90.5 cm³/mol. The number of hydrogen-bond donors (Lipinski definition) is 2. The minimum absolute atomic E-state index is 0.184. The van der Waals surface area contributed by atoms with Gasteiger partial charge in [-0.15, -0.1) is 11.8 Å². The molecule has 0 fully saturated rings. The zero-order valence-electron chi connectivity index (χ0n) is 11.6. The molecule has 1 aliphatic heterocycles. The van der Waals surface area contributed by atoms with Crippen LogP contribution in [-0.4, -0.2) is 6.54 Å². The Morgan fingerprint density at radius 3 is 2.67 bits per heavy atom. The third kappa shape index (κ3) is 3.82. The van der Waals surface area contributed by atoms with Crippen LogP contribution in [0.3, 0.4) is 0 Å². The lowest BCUT2D eigenvalue weighted by Gasteiger charge is -2.24. The van der Waals surface area contributed by atoms with Gasteiger partial charge in [-0.25, -0.2) is 0 Å². The van der Waals surface area contributed by atoms with E-state index in [0.717, 1.165) is 17.3 Å². The molecule has 0 radical (unpaired) electrons. The van der Waals surface area contributed by atoms with Crippen LogP contribution in [0.15, 0.2) is 65.7 Å². The van der Waals surface area contributed by atoms with Gasteiger partial charge in [0.05, 0.1) is 0 Å². The second-order valence-electron chi connectivity index (χ2n) is 4.86. The van der Waals surface area contributed by atoms with Crippen molar-refractivity contribution < 1.29 is 0 Å². The maximum Gasteiger partial charge on any atom is 0.104 e. The Bertz CT molecular complexity index is 625. The molecule has 0 aliphatic carbocycles. The standard InChI is InChI=1S/C17H17ClN2S/c18-14-8-6-13(7-9-14)12-21-16-5-2-1-4-15(16)17-19-10-3-11-20-17/h1-10,17,19-20H,11-12H2. The summed E-state index contributed by atoms with van der Waals surface area (Å²) in [7, 11) is 0. The molecule has 21 heavy (non-hydrogen) atoms. The van der Waals surface area contributed by atoms with Crippen molar-refractivity contribution >= 4 is 23.4 Å². The summed E-state index contributed by atoms with van der Waals surface area (Å²) in [5.74, 6) is 0.941. The van der Waals surface area contributed by atoms with Crippen molar-refractivity contribution in [3.63, 3.8) is 0 Å². The Morgan fingerprint density at radius 2 is 1.90 bits per heavy atom. The van der Waals surface area contributed by atoms with E-state index >= 15 is 0 Å². The van der Waals surface area contributed by atoms with Crippen molar-refractivity contribution in [2.45, 2.75) is 16.8 Å². The molecule has 2 N–H and O–H groups in total. The summed E-state index contributed by atoms with van der Waals surface area (Å²) in [6, 6.07) is 16.6. The first-order valence-electron chi connectivity index (χ1n) is 6.93. The van der Waals surface area contributed by atoms with Crippen molar-refractivity contribution in [3.05, 3.63) is 77.0 Å². The van der Waals surface area contributed by atoms with Crippen LogP contribution in [0.25, 0.3) is 0 Å². The molecule has 1 heterocycles. The minimum Gasteiger partial charge on any atom is -0.372 e. The van der Waals surface area contributed by atoms with E-state index in [1.807, 2.05) is 30.1 Å². The highest BCUT2D eigenvalue weighted by atomic mass is 35.5. The Labute approximate surface area is 134 Å². The van der Waals surface area contributed by atoms with Crippen LogP contribution in [0, 0.1) is 0 Å². The molecule has 2 aromatic rings. The molecular weight excluding hydrogens is 300 g/mol. The Kier molecular flexibility index (Phi) is 4.86. The fourth-order valence-electron chi connectivity index (χ4n) is 2.26. The number of benzene rings is 2. The van der Waals surface area contributed by atoms with Gasteiger partial charge in [-0.3, -0.25) is 5.32 Å². The van der Waals surface area contributed by atoms with Crippen molar-refractivity contribution in [2.75, 3.05) is 6.54 Å². The summed E-state index contributed by atoms with van der Waals surface area (Å²) in [6.07, 6.45) is 4.28. The molecule has 1 atom stereocenters. The summed E-state index contributed by atoms with van der Waals surface area (Å²) in [5, 5.41) is 7.60. The summed E-state index contributed by atoms with van der Waals surface area (Å²) in [4.78, 5) is 1.30. The van der Waals surface area contributed by atoms with Gasteiger partial charge in [0.25, 0.3) is 0 Å². The first-order valence-corrected chi connectivity index (χ1v) is 8.30. The van der Waals surface area contributed by atoms with Crippen LogP contribution < -0.4 is 10.6 Å². The van der Waals surface area contributed by atoms with E-state index in [0.29, 0.717) is 0 Å². The molecule has 108 valence electrons. The minimum atomic E-state index is 0.184. The fourth-order valence-corrected chi connectivity index (χ4v) is 3.43. The van der Waals surface area contributed by atoms with Gasteiger partial charge in [-0.2, -0.15) is 0 Å². The summed E-state index contributed by atoms with van der Waals surface area (Å²) >= 11 is 7.78. The summed E-state index contributed by atoms with van der Waals surface area (Å²) in [6.45, 7) is 0.897. The largest absolute Gasteiger partial charge is 0.372 e. The van der Waals surface area contributed by atoms with Crippen LogP contribution in [0.2, 0.25) is 5.02 Å².